The summed E-state index contributed by atoms with van der Waals surface area (Å²) in [4.78, 5) is 0. The number of nitrogens with zero attached hydrogens (tertiary/aromatic N) is 3. The Morgan fingerprint density at radius 3 is 1.47 bits per heavy atom. The Kier molecular flexibility index (Phi) is 7.62. The van der Waals surface area contributed by atoms with E-state index in [2.05, 4.69) is 174 Å². The molecule has 0 fully saturated rings. The molecule has 4 heteroatoms. The van der Waals surface area contributed by atoms with Gasteiger partial charge in [0, 0.05) is 11.1 Å². The van der Waals surface area contributed by atoms with E-state index in [1.807, 2.05) is 4.68 Å². The molecule has 0 aliphatic rings. The number of hydrogen-bond donors (Lipinski definition) is 0. The summed E-state index contributed by atoms with van der Waals surface area (Å²) in [6.45, 7) is 14.3. The molecule has 0 saturated heterocycles. The molecular formula is C45H41N3Si. The Morgan fingerprint density at radius 1 is 0.531 bits per heavy atom. The predicted octanol–water partition coefficient (Wildman–Crippen LogP) is 12.3. The largest absolute Gasteiger partial charge is 0.220 e. The Balaban J connectivity index is 1.48. The third kappa shape index (κ3) is 5.12. The van der Waals surface area contributed by atoms with Crippen molar-refractivity contribution in [1.29, 1.82) is 0 Å². The molecule has 1 heterocycles. The number of fused-ring (bicyclic) bond motifs is 5. The highest BCUT2D eigenvalue weighted by atomic mass is 28.3. The van der Waals surface area contributed by atoms with E-state index in [1.54, 1.807) is 0 Å². The van der Waals surface area contributed by atoms with Crippen LogP contribution in [0.2, 0.25) is 16.6 Å². The first kappa shape index (κ1) is 31.1. The second-order valence-electron chi connectivity index (χ2n) is 14.5. The zero-order valence-corrected chi connectivity index (χ0v) is 30.1. The lowest BCUT2D eigenvalue weighted by Crippen LogP contribution is -2.43. The topological polar surface area (TPSA) is 30.7 Å². The van der Waals surface area contributed by atoms with Crippen molar-refractivity contribution in [1.82, 2.24) is 15.0 Å². The van der Waals surface area contributed by atoms with E-state index >= 15 is 0 Å². The fraction of sp³-hybridized carbons (Fsp3) is 0.200. The van der Waals surface area contributed by atoms with Crippen LogP contribution < -0.4 is 0 Å². The van der Waals surface area contributed by atoms with E-state index in [0.29, 0.717) is 16.6 Å². The summed E-state index contributed by atoms with van der Waals surface area (Å²) in [6.07, 6.45) is 2.09. The van der Waals surface area contributed by atoms with Crippen molar-refractivity contribution in [3.05, 3.63) is 127 Å². The molecule has 0 saturated carbocycles. The van der Waals surface area contributed by atoms with Gasteiger partial charge >= 0.3 is 0 Å². The minimum absolute atomic E-state index is 0.545. The van der Waals surface area contributed by atoms with Gasteiger partial charge in [0.25, 0.3) is 0 Å². The number of hydrogen-bond acceptors (Lipinski definition) is 2. The zero-order valence-electron chi connectivity index (χ0n) is 29.1. The maximum Gasteiger partial charge on any atom is 0.146 e. The summed E-state index contributed by atoms with van der Waals surface area (Å²) in [5.74, 6) is 3.94. The van der Waals surface area contributed by atoms with E-state index < -0.39 is 8.07 Å². The van der Waals surface area contributed by atoms with Crippen LogP contribution in [0.1, 0.15) is 47.1 Å². The molecule has 0 spiro atoms. The van der Waals surface area contributed by atoms with Crippen LogP contribution in [0.5, 0.6) is 0 Å². The molecule has 7 aromatic carbocycles. The first-order chi connectivity index (χ1) is 23.7. The number of aromatic nitrogens is 3. The monoisotopic (exact) mass is 651 g/mol. The average Bonchev–Trinajstić information content (AvgIpc) is 3.59. The van der Waals surface area contributed by atoms with Crippen LogP contribution in [0.4, 0.5) is 0 Å². The van der Waals surface area contributed by atoms with Gasteiger partial charge in [0.2, 0.25) is 0 Å². The first-order valence-electron chi connectivity index (χ1n) is 17.5. The van der Waals surface area contributed by atoms with Gasteiger partial charge in [-0.3, -0.25) is 0 Å². The molecule has 0 atom stereocenters. The Morgan fingerprint density at radius 2 is 0.980 bits per heavy atom. The summed E-state index contributed by atoms with van der Waals surface area (Å²) < 4.78 is 1.91. The van der Waals surface area contributed by atoms with Gasteiger partial charge in [-0.05, 0) is 107 Å². The zero-order chi connectivity index (χ0) is 33.9. The van der Waals surface area contributed by atoms with E-state index in [-0.39, 0.29) is 0 Å². The Bertz CT molecular complexity index is 2500. The molecule has 3 nitrogen and oxygen atoms in total. The third-order valence-electron chi connectivity index (χ3n) is 10.9. The van der Waals surface area contributed by atoms with E-state index in [1.165, 1.54) is 43.1 Å². The van der Waals surface area contributed by atoms with Gasteiger partial charge < -0.3 is 0 Å². The smallest absolute Gasteiger partial charge is 0.146 e. The summed E-state index contributed by atoms with van der Waals surface area (Å²) in [6, 6.07) is 41.6. The maximum atomic E-state index is 4.87. The molecule has 0 amide bonds. The van der Waals surface area contributed by atoms with Gasteiger partial charge in [-0.25, -0.2) is 4.68 Å². The highest BCUT2D eigenvalue weighted by Crippen LogP contribution is 2.44. The SMILES string of the molecule is CC(C)[Si](C#Cc1c2cc3ccccc3cc2c(-c2cn(-c3ccc4ccccc4c3)nn2)c2cc3ccccc3cc12)(C(C)C)C(C)C. The fourth-order valence-corrected chi connectivity index (χ4v) is 13.6. The van der Waals surface area contributed by atoms with Crippen molar-refractivity contribution in [2.75, 3.05) is 0 Å². The summed E-state index contributed by atoms with van der Waals surface area (Å²) >= 11 is 0. The molecular weight excluding hydrogens is 611 g/mol. The summed E-state index contributed by atoms with van der Waals surface area (Å²) in [5, 5.41) is 21.4. The normalized spacial score (nSPS) is 12.3. The minimum Gasteiger partial charge on any atom is -0.220 e. The highest BCUT2D eigenvalue weighted by Gasteiger charge is 2.41. The van der Waals surface area contributed by atoms with Crippen molar-refractivity contribution in [3.63, 3.8) is 0 Å². The second-order valence-corrected chi connectivity index (χ2v) is 20.0. The molecule has 49 heavy (non-hydrogen) atoms. The quantitative estimate of drug-likeness (QED) is 0.105. The molecule has 0 bridgehead atoms. The van der Waals surface area contributed by atoms with Crippen LogP contribution in [0.25, 0.3) is 70.8 Å². The molecule has 0 radical (unpaired) electrons. The van der Waals surface area contributed by atoms with Crippen molar-refractivity contribution in [2.45, 2.75) is 58.2 Å². The van der Waals surface area contributed by atoms with Crippen LogP contribution in [-0.2, 0) is 0 Å². The second kappa shape index (κ2) is 12.0. The molecule has 0 N–H and O–H groups in total. The molecule has 0 aliphatic carbocycles. The molecule has 8 rings (SSSR count). The van der Waals surface area contributed by atoms with Crippen LogP contribution in [0.15, 0.2) is 121 Å². The first-order valence-corrected chi connectivity index (χ1v) is 19.7. The van der Waals surface area contributed by atoms with Gasteiger partial charge in [0.1, 0.15) is 13.8 Å². The lowest BCUT2D eigenvalue weighted by molar-refractivity contribution is 0.805. The fourth-order valence-electron chi connectivity index (χ4n) is 8.44. The van der Waals surface area contributed by atoms with Gasteiger partial charge in [0.05, 0.1) is 11.9 Å². The van der Waals surface area contributed by atoms with Gasteiger partial charge in [-0.2, -0.15) is 0 Å². The van der Waals surface area contributed by atoms with Crippen LogP contribution >= 0.6 is 0 Å². The minimum atomic E-state index is -2.01. The molecule has 240 valence electrons. The van der Waals surface area contributed by atoms with Gasteiger partial charge in [-0.1, -0.05) is 132 Å². The van der Waals surface area contributed by atoms with Crippen molar-refractivity contribution >= 4 is 61.9 Å². The number of rotatable bonds is 5. The average molecular weight is 652 g/mol. The van der Waals surface area contributed by atoms with E-state index in [4.69, 9.17) is 10.3 Å². The standard InChI is InChI=1S/C45H41N3Si/c1-29(2)49(30(3)4,31(5)6)22-21-39-40-24-34-15-9-11-17-36(34)26-42(40)45(43-27-37-18-12-10-16-35(37)25-41(39)43)44-28-48(47-46-44)38-20-19-32-13-7-8-14-33(32)23-38/h7-20,23-31H,1-6H3. The van der Waals surface area contributed by atoms with Crippen molar-refractivity contribution < 1.29 is 0 Å². The van der Waals surface area contributed by atoms with Gasteiger partial charge in [0.15, 0.2) is 0 Å². The van der Waals surface area contributed by atoms with Crippen molar-refractivity contribution in [3.8, 4) is 28.4 Å². The van der Waals surface area contributed by atoms with Gasteiger partial charge in [-0.15, -0.1) is 10.6 Å². The Hall–Kier alpha value is -5.24. The Labute approximate surface area is 289 Å². The lowest BCUT2D eigenvalue weighted by Gasteiger charge is -2.38. The third-order valence-corrected chi connectivity index (χ3v) is 17.2. The molecule has 0 unspecified atom stereocenters. The van der Waals surface area contributed by atoms with E-state index in [0.717, 1.165) is 33.3 Å². The molecule has 1 aromatic heterocycles. The van der Waals surface area contributed by atoms with E-state index in [9.17, 15) is 0 Å². The van der Waals surface area contributed by atoms with Crippen LogP contribution in [0, 0.1) is 11.5 Å². The maximum absolute atomic E-state index is 4.87. The summed E-state index contributed by atoms with van der Waals surface area (Å²) in [5.41, 5.74) is 9.77. The van der Waals surface area contributed by atoms with Crippen LogP contribution in [0.3, 0.4) is 0 Å². The van der Waals surface area contributed by atoms with Crippen LogP contribution in [-0.4, -0.2) is 23.1 Å². The predicted molar refractivity (Wildman–Crippen MR) is 212 cm³/mol. The number of benzene rings is 7. The summed E-state index contributed by atoms with van der Waals surface area (Å²) in [7, 11) is -2.01. The highest BCUT2D eigenvalue weighted by molar-refractivity contribution is 6.90. The molecule has 0 aliphatic heterocycles. The van der Waals surface area contributed by atoms with Crippen molar-refractivity contribution in [2.24, 2.45) is 0 Å². The lowest BCUT2D eigenvalue weighted by atomic mass is 9.88. The molecule has 8 aromatic rings.